The zero-order valence-corrected chi connectivity index (χ0v) is 10.3. The summed E-state index contributed by atoms with van der Waals surface area (Å²) in [5.74, 6) is -0.261. The first-order valence-electron chi connectivity index (χ1n) is 5.90. The molecule has 2 rings (SSSR count). The van der Waals surface area contributed by atoms with Gasteiger partial charge in [0.15, 0.2) is 0 Å². The molecular formula is C14H14FN3O. The lowest BCUT2D eigenvalue weighted by Crippen LogP contribution is -2.26. The fourth-order valence-corrected chi connectivity index (χ4v) is 1.68. The summed E-state index contributed by atoms with van der Waals surface area (Å²) >= 11 is 0. The minimum absolute atomic E-state index is 0.277. The summed E-state index contributed by atoms with van der Waals surface area (Å²) in [4.78, 5) is 15.7. The Labute approximate surface area is 110 Å². The number of hydrogen-bond acceptors (Lipinski definition) is 3. The lowest BCUT2D eigenvalue weighted by molar-refractivity contribution is 0.0949. The molecule has 0 bridgehead atoms. The number of nitrogens with two attached hydrogens (primary N) is 1. The molecule has 1 aromatic heterocycles. The quantitative estimate of drug-likeness (QED) is 0.879. The minimum Gasteiger partial charge on any atom is -0.384 e. The van der Waals surface area contributed by atoms with Gasteiger partial charge in [-0.3, -0.25) is 4.79 Å². The van der Waals surface area contributed by atoms with Crippen LogP contribution in [0.5, 0.6) is 0 Å². The van der Waals surface area contributed by atoms with Gasteiger partial charge in [0.05, 0.1) is 0 Å². The number of amides is 1. The first kappa shape index (κ1) is 13.0. The number of pyridine rings is 1. The Balaban J connectivity index is 1.87. The highest BCUT2D eigenvalue weighted by molar-refractivity contribution is 5.92. The number of aromatic nitrogens is 1. The number of rotatable bonds is 4. The van der Waals surface area contributed by atoms with Crippen molar-refractivity contribution in [2.75, 3.05) is 12.3 Å². The fraction of sp³-hybridized carbons (Fsp3) is 0.143. The third-order valence-corrected chi connectivity index (χ3v) is 2.59. The second-order valence-electron chi connectivity index (χ2n) is 4.08. The third kappa shape index (κ3) is 3.77. The molecule has 1 heterocycles. The van der Waals surface area contributed by atoms with E-state index in [0.717, 1.165) is 5.56 Å². The van der Waals surface area contributed by atoms with Crippen LogP contribution in [-0.2, 0) is 6.42 Å². The Morgan fingerprint density at radius 2 is 2.05 bits per heavy atom. The lowest BCUT2D eigenvalue weighted by Gasteiger charge is -2.05. The number of carbonyl (C=O) groups is 1. The fourth-order valence-electron chi connectivity index (χ4n) is 1.68. The maximum atomic E-state index is 13.0. The molecule has 4 nitrogen and oxygen atoms in total. The molecule has 0 fully saturated rings. The van der Waals surface area contributed by atoms with E-state index in [4.69, 9.17) is 5.73 Å². The summed E-state index contributed by atoms with van der Waals surface area (Å²) in [6.45, 7) is 0.415. The highest BCUT2D eigenvalue weighted by atomic mass is 19.1. The van der Waals surface area contributed by atoms with Crippen LogP contribution in [0.15, 0.2) is 42.5 Å². The van der Waals surface area contributed by atoms with Gasteiger partial charge in [0.2, 0.25) is 0 Å². The van der Waals surface area contributed by atoms with Crippen LogP contribution in [-0.4, -0.2) is 17.4 Å². The molecule has 0 radical (unpaired) electrons. The molecular weight excluding hydrogens is 245 g/mol. The van der Waals surface area contributed by atoms with Gasteiger partial charge in [-0.05, 0) is 36.2 Å². The third-order valence-electron chi connectivity index (χ3n) is 2.59. The number of halogens is 1. The van der Waals surface area contributed by atoms with Gasteiger partial charge in [0, 0.05) is 6.54 Å². The average molecular weight is 259 g/mol. The smallest absolute Gasteiger partial charge is 0.269 e. The molecule has 0 spiro atoms. The van der Waals surface area contributed by atoms with Crippen LogP contribution in [0.2, 0.25) is 0 Å². The number of benzene rings is 1. The van der Waals surface area contributed by atoms with Gasteiger partial charge in [-0.1, -0.05) is 18.2 Å². The van der Waals surface area contributed by atoms with Crippen LogP contribution in [0.25, 0.3) is 0 Å². The zero-order valence-electron chi connectivity index (χ0n) is 10.3. The lowest BCUT2D eigenvalue weighted by atomic mass is 10.1. The van der Waals surface area contributed by atoms with Crippen molar-refractivity contribution in [2.45, 2.75) is 6.42 Å². The minimum atomic E-state index is -0.288. The second kappa shape index (κ2) is 5.95. The van der Waals surface area contributed by atoms with Gasteiger partial charge >= 0.3 is 0 Å². The first-order valence-corrected chi connectivity index (χ1v) is 5.90. The Bertz CT molecular complexity index is 586. The van der Waals surface area contributed by atoms with E-state index < -0.39 is 0 Å². The van der Waals surface area contributed by atoms with E-state index in [-0.39, 0.29) is 17.4 Å². The van der Waals surface area contributed by atoms with Crippen LogP contribution < -0.4 is 11.1 Å². The topological polar surface area (TPSA) is 68.0 Å². The molecule has 0 saturated carbocycles. The summed E-state index contributed by atoms with van der Waals surface area (Å²) in [7, 11) is 0. The van der Waals surface area contributed by atoms with Crippen LogP contribution in [0.3, 0.4) is 0 Å². The Morgan fingerprint density at radius 3 is 2.79 bits per heavy atom. The normalized spacial score (nSPS) is 10.2. The summed E-state index contributed by atoms with van der Waals surface area (Å²) in [5, 5.41) is 2.71. The maximum Gasteiger partial charge on any atom is 0.269 e. The van der Waals surface area contributed by atoms with Crippen molar-refractivity contribution in [3.63, 3.8) is 0 Å². The van der Waals surface area contributed by atoms with Crippen molar-refractivity contribution in [1.82, 2.24) is 10.3 Å². The molecule has 5 heteroatoms. The largest absolute Gasteiger partial charge is 0.384 e. The monoisotopic (exact) mass is 259 g/mol. The molecule has 3 N–H and O–H groups in total. The molecule has 1 amide bonds. The highest BCUT2D eigenvalue weighted by Crippen LogP contribution is 2.04. The Kier molecular flexibility index (Phi) is 4.07. The van der Waals surface area contributed by atoms with Crippen molar-refractivity contribution in [3.05, 3.63) is 59.5 Å². The molecule has 0 aliphatic heterocycles. The van der Waals surface area contributed by atoms with E-state index in [2.05, 4.69) is 10.3 Å². The van der Waals surface area contributed by atoms with Gasteiger partial charge in [0.1, 0.15) is 17.3 Å². The predicted molar refractivity (Wildman–Crippen MR) is 71.1 cm³/mol. The van der Waals surface area contributed by atoms with Gasteiger partial charge in [0.25, 0.3) is 5.91 Å². The van der Waals surface area contributed by atoms with Crippen molar-refractivity contribution < 1.29 is 9.18 Å². The number of nitrogens with one attached hydrogen (secondary N) is 1. The summed E-state index contributed by atoms with van der Waals surface area (Å²) in [6, 6.07) is 11.2. The second-order valence-corrected chi connectivity index (χ2v) is 4.08. The molecule has 0 atom stereocenters. The molecule has 0 aliphatic carbocycles. The summed E-state index contributed by atoms with van der Waals surface area (Å²) in [5.41, 5.74) is 6.61. The van der Waals surface area contributed by atoms with Crippen molar-refractivity contribution in [2.24, 2.45) is 0 Å². The van der Waals surface area contributed by atoms with Crippen LogP contribution >= 0.6 is 0 Å². The first-order chi connectivity index (χ1) is 9.15. The van der Waals surface area contributed by atoms with E-state index in [0.29, 0.717) is 18.8 Å². The number of nitrogen functional groups attached to an aromatic ring is 1. The van der Waals surface area contributed by atoms with Gasteiger partial charge < -0.3 is 11.1 Å². The van der Waals surface area contributed by atoms with E-state index >= 15 is 0 Å². The van der Waals surface area contributed by atoms with Gasteiger partial charge in [-0.2, -0.15) is 0 Å². The maximum absolute atomic E-state index is 13.0. The van der Waals surface area contributed by atoms with E-state index in [1.54, 1.807) is 24.3 Å². The van der Waals surface area contributed by atoms with E-state index in [9.17, 15) is 9.18 Å². The van der Waals surface area contributed by atoms with Crippen LogP contribution in [0.4, 0.5) is 10.2 Å². The summed E-state index contributed by atoms with van der Waals surface area (Å²) < 4.78 is 13.0. The standard InChI is InChI=1S/C14H14FN3O/c15-11-4-1-3-10(9-11)7-8-17-14(19)12-5-2-6-13(16)18-12/h1-6,9H,7-8H2,(H2,16,18)(H,17,19). The van der Waals surface area contributed by atoms with E-state index in [1.165, 1.54) is 12.1 Å². The van der Waals surface area contributed by atoms with Gasteiger partial charge in [-0.25, -0.2) is 9.37 Å². The van der Waals surface area contributed by atoms with Crippen molar-refractivity contribution in [3.8, 4) is 0 Å². The molecule has 1 aromatic carbocycles. The molecule has 98 valence electrons. The van der Waals surface area contributed by atoms with Crippen molar-refractivity contribution in [1.29, 1.82) is 0 Å². The number of hydrogen-bond donors (Lipinski definition) is 2. The van der Waals surface area contributed by atoms with E-state index in [1.807, 2.05) is 6.07 Å². The summed E-state index contributed by atoms with van der Waals surface area (Å²) in [6.07, 6.45) is 0.561. The molecule has 2 aromatic rings. The molecule has 0 aliphatic rings. The number of carbonyl (C=O) groups excluding carboxylic acids is 1. The SMILES string of the molecule is Nc1cccc(C(=O)NCCc2cccc(F)c2)n1. The zero-order chi connectivity index (χ0) is 13.7. The molecule has 19 heavy (non-hydrogen) atoms. The Morgan fingerprint density at radius 1 is 1.26 bits per heavy atom. The van der Waals surface area contributed by atoms with Gasteiger partial charge in [-0.15, -0.1) is 0 Å². The van der Waals surface area contributed by atoms with Crippen LogP contribution in [0.1, 0.15) is 16.1 Å². The highest BCUT2D eigenvalue weighted by Gasteiger charge is 2.06. The number of nitrogens with zero attached hydrogens (tertiary/aromatic N) is 1. The van der Waals surface area contributed by atoms with Crippen LogP contribution in [0, 0.1) is 5.82 Å². The van der Waals surface area contributed by atoms with Crippen molar-refractivity contribution >= 4 is 11.7 Å². The average Bonchev–Trinajstić information content (AvgIpc) is 2.38. The molecule has 0 saturated heterocycles. The number of anilines is 1. The molecule has 0 unspecified atom stereocenters. The predicted octanol–water partition coefficient (Wildman–Crippen LogP) is 1.78. The Hall–Kier alpha value is -2.43.